The van der Waals surface area contributed by atoms with Crippen LogP contribution >= 0.6 is 0 Å². The van der Waals surface area contributed by atoms with E-state index in [9.17, 15) is 0 Å². The first kappa shape index (κ1) is 15.1. The molecule has 2 aromatic rings. The maximum Gasteiger partial charge on any atom is 0.119 e. The summed E-state index contributed by atoms with van der Waals surface area (Å²) in [5, 5.41) is 2.64. The van der Waals surface area contributed by atoms with Gasteiger partial charge in [0, 0.05) is 17.8 Å². The fourth-order valence-electron chi connectivity index (χ4n) is 2.44. The Balaban J connectivity index is 2.44. The Morgan fingerprint density at radius 1 is 1.24 bits per heavy atom. The number of rotatable bonds is 5. The van der Waals surface area contributed by atoms with Gasteiger partial charge >= 0.3 is 0 Å². The van der Waals surface area contributed by atoms with Crippen LogP contribution in [0.4, 0.5) is 0 Å². The molecule has 0 fully saturated rings. The van der Waals surface area contributed by atoms with Crippen LogP contribution in [0.15, 0.2) is 42.7 Å². The minimum Gasteiger partial charge on any atom is -0.497 e. The van der Waals surface area contributed by atoms with E-state index < -0.39 is 0 Å². The Hall–Kier alpha value is -2.27. The highest BCUT2D eigenvalue weighted by molar-refractivity contribution is 5.80. The maximum atomic E-state index is 6.06. The van der Waals surface area contributed by atoms with E-state index in [4.69, 9.17) is 21.3 Å². The smallest absolute Gasteiger partial charge is 0.119 e. The average Bonchev–Trinajstić information content (AvgIpc) is 2.46. The molecule has 1 heterocycles. The lowest BCUT2D eigenvalue weighted by Crippen LogP contribution is -2.34. The molecular formula is C16H22N4O. The summed E-state index contributed by atoms with van der Waals surface area (Å²) >= 11 is 0. The largest absolute Gasteiger partial charge is 0.497 e. The molecular weight excluding hydrogens is 264 g/mol. The molecule has 0 radical (unpaired) electrons. The third-order valence-electron chi connectivity index (χ3n) is 3.43. The predicted octanol–water partition coefficient (Wildman–Crippen LogP) is 2.55. The van der Waals surface area contributed by atoms with Crippen molar-refractivity contribution in [1.82, 2.24) is 9.99 Å². The molecule has 0 spiro atoms. The molecule has 0 saturated heterocycles. The van der Waals surface area contributed by atoms with Crippen molar-refractivity contribution in [2.24, 2.45) is 17.5 Å². The highest BCUT2D eigenvalue weighted by atomic mass is 16.5. The van der Waals surface area contributed by atoms with Gasteiger partial charge in [0.25, 0.3) is 0 Å². The molecule has 21 heavy (non-hydrogen) atoms. The van der Waals surface area contributed by atoms with Crippen LogP contribution in [0, 0.1) is 5.92 Å². The predicted molar refractivity (Wildman–Crippen MR) is 85.2 cm³/mol. The minimum absolute atomic E-state index is 0.0312. The Kier molecular flexibility index (Phi) is 4.65. The number of aromatic nitrogens is 1. The van der Waals surface area contributed by atoms with Crippen molar-refractivity contribution in [1.29, 1.82) is 0 Å². The third kappa shape index (κ3) is 3.25. The molecule has 5 nitrogen and oxygen atoms in total. The van der Waals surface area contributed by atoms with E-state index >= 15 is 0 Å². The van der Waals surface area contributed by atoms with Crippen LogP contribution in [0.2, 0.25) is 0 Å². The Bertz CT molecular complexity index is 639. The molecule has 0 bridgehead atoms. The maximum absolute atomic E-state index is 6.06. The number of nitrogens with two attached hydrogens (primary N) is 2. The van der Waals surface area contributed by atoms with Gasteiger partial charge in [-0.15, -0.1) is 0 Å². The van der Waals surface area contributed by atoms with E-state index in [1.54, 1.807) is 18.3 Å². The molecule has 112 valence electrons. The quantitative estimate of drug-likeness (QED) is 0.652. The van der Waals surface area contributed by atoms with Gasteiger partial charge in [0.15, 0.2) is 0 Å². The van der Waals surface area contributed by atoms with Crippen molar-refractivity contribution < 1.29 is 4.74 Å². The number of ether oxygens (including phenoxy) is 1. The summed E-state index contributed by atoms with van der Waals surface area (Å²) in [7, 11) is 1.66. The first-order valence-corrected chi connectivity index (χ1v) is 6.93. The molecule has 0 aliphatic carbocycles. The zero-order valence-corrected chi connectivity index (χ0v) is 12.7. The fourth-order valence-corrected chi connectivity index (χ4v) is 2.44. The van der Waals surface area contributed by atoms with Gasteiger partial charge in [-0.1, -0.05) is 19.9 Å². The lowest BCUT2D eigenvalue weighted by Gasteiger charge is -2.29. The van der Waals surface area contributed by atoms with Crippen LogP contribution in [0.5, 0.6) is 5.75 Å². The zero-order chi connectivity index (χ0) is 15.4. The molecule has 0 saturated carbocycles. The fraction of sp³-hybridized carbons (Fsp3) is 0.312. The molecule has 0 aliphatic rings. The van der Waals surface area contributed by atoms with E-state index in [0.717, 1.165) is 22.3 Å². The van der Waals surface area contributed by atoms with Crippen molar-refractivity contribution in [3.63, 3.8) is 0 Å². The van der Waals surface area contributed by atoms with Gasteiger partial charge in [-0.2, -0.15) is 0 Å². The van der Waals surface area contributed by atoms with E-state index in [1.807, 2.05) is 30.3 Å². The summed E-state index contributed by atoms with van der Waals surface area (Å²) in [5.74, 6) is 7.18. The first-order chi connectivity index (χ1) is 10.1. The Labute approximate surface area is 125 Å². The van der Waals surface area contributed by atoms with E-state index in [-0.39, 0.29) is 6.04 Å². The molecule has 1 aromatic heterocycles. The Morgan fingerprint density at radius 3 is 2.62 bits per heavy atom. The number of benzene rings is 1. The van der Waals surface area contributed by atoms with Crippen LogP contribution in [-0.2, 0) is 0 Å². The van der Waals surface area contributed by atoms with Crippen molar-refractivity contribution >= 4 is 10.9 Å². The summed E-state index contributed by atoms with van der Waals surface area (Å²) in [5.41, 5.74) is 7.27. The molecule has 1 unspecified atom stereocenters. The number of hydrogen-bond donors (Lipinski definition) is 2. The molecule has 4 N–H and O–H groups in total. The van der Waals surface area contributed by atoms with Crippen molar-refractivity contribution in [3.05, 3.63) is 48.4 Å². The normalized spacial score (nSPS) is 13.0. The van der Waals surface area contributed by atoms with Gasteiger partial charge in [-0.3, -0.25) is 4.98 Å². The standard InChI is InChI=1S/C16H22N4O/c1-11(2)16(20(18)9-8-17)15-6-4-12-10-13(21-3)5-7-14(12)19-15/h4-11,16H,17-18H2,1-3H3/b9-8-. The third-order valence-corrected chi connectivity index (χ3v) is 3.43. The lowest BCUT2D eigenvalue weighted by atomic mass is 9.99. The second kappa shape index (κ2) is 6.45. The van der Waals surface area contributed by atoms with Crippen LogP contribution in [0.3, 0.4) is 0 Å². The SMILES string of the molecule is COc1ccc2nc(C(C(C)C)N(N)/C=C\N)ccc2c1. The Morgan fingerprint density at radius 2 is 2.00 bits per heavy atom. The second-order valence-corrected chi connectivity index (χ2v) is 5.27. The number of hydrazine groups is 1. The first-order valence-electron chi connectivity index (χ1n) is 6.93. The number of hydrogen-bond acceptors (Lipinski definition) is 5. The zero-order valence-electron chi connectivity index (χ0n) is 12.7. The highest BCUT2D eigenvalue weighted by Crippen LogP contribution is 2.28. The van der Waals surface area contributed by atoms with Gasteiger partial charge in [0.1, 0.15) is 5.75 Å². The van der Waals surface area contributed by atoms with E-state index in [0.29, 0.717) is 5.92 Å². The monoisotopic (exact) mass is 286 g/mol. The molecule has 1 aromatic carbocycles. The molecule has 0 amide bonds. The number of pyridine rings is 1. The van der Waals surface area contributed by atoms with Gasteiger partial charge in [-0.05, 0) is 30.2 Å². The minimum atomic E-state index is -0.0312. The molecule has 1 atom stereocenters. The van der Waals surface area contributed by atoms with Crippen molar-refractivity contribution in [2.75, 3.05) is 7.11 Å². The summed E-state index contributed by atoms with van der Waals surface area (Å²) < 4.78 is 5.23. The van der Waals surface area contributed by atoms with Gasteiger partial charge in [0.2, 0.25) is 0 Å². The van der Waals surface area contributed by atoms with Crippen LogP contribution in [0.1, 0.15) is 25.6 Å². The van der Waals surface area contributed by atoms with Crippen LogP contribution < -0.4 is 16.3 Å². The number of nitrogens with zero attached hydrogens (tertiary/aromatic N) is 2. The lowest BCUT2D eigenvalue weighted by molar-refractivity contribution is 0.222. The number of methoxy groups -OCH3 is 1. The van der Waals surface area contributed by atoms with Crippen molar-refractivity contribution in [3.8, 4) is 5.75 Å². The van der Waals surface area contributed by atoms with Crippen molar-refractivity contribution in [2.45, 2.75) is 19.9 Å². The van der Waals surface area contributed by atoms with Crippen LogP contribution in [0.25, 0.3) is 10.9 Å². The van der Waals surface area contributed by atoms with Gasteiger partial charge < -0.3 is 15.5 Å². The summed E-state index contributed by atoms with van der Waals surface area (Å²) in [4.78, 5) is 4.72. The summed E-state index contributed by atoms with van der Waals surface area (Å²) in [6.45, 7) is 4.21. The van der Waals surface area contributed by atoms with Gasteiger partial charge in [-0.25, -0.2) is 5.84 Å². The summed E-state index contributed by atoms with van der Waals surface area (Å²) in [6.07, 6.45) is 3.09. The molecule has 2 rings (SSSR count). The van der Waals surface area contributed by atoms with E-state index in [1.165, 1.54) is 6.20 Å². The second-order valence-electron chi connectivity index (χ2n) is 5.27. The van der Waals surface area contributed by atoms with Gasteiger partial charge in [0.05, 0.1) is 24.4 Å². The summed E-state index contributed by atoms with van der Waals surface area (Å²) in [6, 6.07) is 9.83. The topological polar surface area (TPSA) is 77.4 Å². The van der Waals surface area contributed by atoms with Crippen LogP contribution in [-0.4, -0.2) is 17.1 Å². The highest BCUT2D eigenvalue weighted by Gasteiger charge is 2.21. The van der Waals surface area contributed by atoms with E-state index in [2.05, 4.69) is 13.8 Å². The average molecular weight is 286 g/mol. The molecule has 5 heteroatoms. The number of fused-ring (bicyclic) bond motifs is 1. The molecule has 0 aliphatic heterocycles.